The van der Waals surface area contributed by atoms with Crippen LogP contribution in [-0.4, -0.2) is 13.0 Å². The molecule has 0 rings (SSSR count). The summed E-state index contributed by atoms with van der Waals surface area (Å²) in [5.41, 5.74) is 14.0. The summed E-state index contributed by atoms with van der Waals surface area (Å²) in [4.78, 5) is 0. The zero-order valence-electron chi connectivity index (χ0n) is 6.26. The van der Waals surface area contributed by atoms with Gasteiger partial charge in [-0.2, -0.15) is 0 Å². The van der Waals surface area contributed by atoms with E-state index in [1.54, 1.807) is 0 Å². The van der Waals surface area contributed by atoms with E-state index in [-0.39, 0.29) is 48.6 Å². The van der Waals surface area contributed by atoms with Crippen LogP contribution >= 0.6 is 36.7 Å². The summed E-state index contributed by atoms with van der Waals surface area (Å²) in [5, 5.41) is 0. The van der Waals surface area contributed by atoms with Crippen LogP contribution < -0.4 is 17.2 Å². The van der Waals surface area contributed by atoms with Crippen molar-refractivity contribution in [1.29, 1.82) is 0 Å². The Morgan fingerprint density at radius 2 is 0.692 bits per heavy atom. The second-order valence-electron chi connectivity index (χ2n) is 0.957. The predicted octanol–water partition coefficient (Wildman–Crippen LogP) is -0.669. The Morgan fingerprint density at radius 1 is 0.692 bits per heavy atom. The minimum atomic E-state index is 0. The molecule has 0 aromatic heterocycles. The molecular weight excluding hydrogens is 409 g/mol. The molecule has 0 fully saturated rings. The van der Waals surface area contributed by atoms with Gasteiger partial charge in [-0.15, -0.1) is 0 Å². The minimum Gasteiger partial charge on any atom is -0.415 e. The smallest absolute Gasteiger partial charge is 0.415 e. The molecule has 0 aliphatic rings. The van der Waals surface area contributed by atoms with Crippen LogP contribution in [0.4, 0.5) is 0 Å². The molecule has 0 spiro atoms. The van der Waals surface area contributed by atoms with Gasteiger partial charge in [-0.05, 0) is 0 Å². The van der Waals surface area contributed by atoms with Crippen LogP contribution in [-0.2, 0) is 37.9 Å². The Balaban J connectivity index is -0.0000000450. The van der Waals surface area contributed by atoms with Crippen molar-refractivity contribution in [3.63, 3.8) is 0 Å². The number of nitrogens with two attached hydrogens (primary N) is 3. The zero-order valence-corrected chi connectivity index (χ0v) is 14.8. The summed E-state index contributed by atoms with van der Waals surface area (Å²) >= 11 is 24.8. The molecule has 0 aliphatic carbocycles. The summed E-state index contributed by atoms with van der Waals surface area (Å²) in [6.07, 6.45) is 0. The fraction of sp³-hybridized carbons (Fsp3) is 0. The quantitative estimate of drug-likeness (QED) is 0.353. The Hall–Kier alpha value is 1.52. The largest absolute Gasteiger partial charge is 3.00 e. The van der Waals surface area contributed by atoms with E-state index < -0.39 is 0 Å². The summed E-state index contributed by atoms with van der Waals surface area (Å²) in [6, 6.07) is 0. The van der Waals surface area contributed by atoms with E-state index in [9.17, 15) is 0 Å². The van der Waals surface area contributed by atoms with Crippen molar-refractivity contribution < 1.29 is 35.6 Å². The number of hydrogen-bond donors (Lipinski definition) is 3. The van der Waals surface area contributed by atoms with Crippen molar-refractivity contribution in [1.82, 2.24) is 0 Å². The van der Waals surface area contributed by atoms with Gasteiger partial charge in [0.25, 0.3) is 0 Å². The van der Waals surface area contributed by atoms with Gasteiger partial charge in [0.1, 0.15) is 0 Å². The average molecular weight is 415 g/mol. The van der Waals surface area contributed by atoms with Crippen LogP contribution in [0.3, 0.4) is 0 Å². The standard InChI is InChI=1S/3CH3NS2.La/c3*2-1(3)4;/h3*(H3,2,3,4);/q;;;+3/p-3. The SMILES string of the molecule is NC(=S)[S-].NC(=S)[S-].NC(=S)[S-].[La+3]. The van der Waals surface area contributed by atoms with E-state index >= 15 is 0 Å². The molecule has 6 N–H and O–H groups in total. The van der Waals surface area contributed by atoms with Crippen molar-refractivity contribution in [3.8, 4) is 0 Å². The van der Waals surface area contributed by atoms with Gasteiger partial charge in [-0.3, -0.25) is 0 Å². The van der Waals surface area contributed by atoms with Gasteiger partial charge < -0.3 is 91.7 Å². The first-order valence-electron chi connectivity index (χ1n) is 2.09. The van der Waals surface area contributed by atoms with Gasteiger partial charge in [0.2, 0.25) is 0 Å². The zero-order chi connectivity index (χ0) is 10.7. The third-order valence-electron chi connectivity index (χ3n) is 0. The third kappa shape index (κ3) is 773. The molecule has 0 radical (unpaired) electrons. The predicted molar refractivity (Wildman–Crippen MR) is 72.5 cm³/mol. The molecule has 13 heavy (non-hydrogen) atoms. The third-order valence-corrected chi connectivity index (χ3v) is 0. The molecule has 0 atom stereocenters. The normalized spacial score (nSPS) is 5.54. The van der Waals surface area contributed by atoms with Gasteiger partial charge >= 0.3 is 35.6 Å². The van der Waals surface area contributed by atoms with E-state index in [4.69, 9.17) is 0 Å². The maximum atomic E-state index is 4.66. The molecule has 72 valence electrons. The van der Waals surface area contributed by atoms with E-state index in [0.29, 0.717) is 0 Å². The van der Waals surface area contributed by atoms with Crippen LogP contribution in [0.2, 0.25) is 0 Å². The van der Waals surface area contributed by atoms with Gasteiger partial charge in [-0.25, -0.2) is 0 Å². The van der Waals surface area contributed by atoms with E-state index in [0.717, 1.165) is 0 Å². The van der Waals surface area contributed by atoms with E-state index in [2.05, 4.69) is 91.7 Å². The maximum absolute atomic E-state index is 4.66. The topological polar surface area (TPSA) is 78.1 Å². The number of rotatable bonds is 0. The van der Waals surface area contributed by atoms with Crippen molar-refractivity contribution in [3.05, 3.63) is 0 Å². The molecule has 0 aliphatic heterocycles. The average Bonchev–Trinajstić information content (AvgIpc) is 1.54. The molecule has 0 aromatic carbocycles. The second-order valence-corrected chi connectivity index (χ2v) is 4.37. The summed E-state index contributed by atoms with van der Waals surface area (Å²) in [5.74, 6) is 0. The second kappa shape index (κ2) is 19.2. The van der Waals surface area contributed by atoms with Crippen LogP contribution in [0.15, 0.2) is 0 Å². The molecule has 0 heterocycles. The monoisotopic (exact) mass is 415 g/mol. The molecule has 3 nitrogen and oxygen atoms in total. The first kappa shape index (κ1) is 24.0. The first-order chi connectivity index (χ1) is 5.20. The van der Waals surface area contributed by atoms with E-state index in [1.807, 2.05) is 0 Å². The minimum absolute atomic E-state index is 0. The number of hydrogen-bond acceptors (Lipinski definition) is 6. The Labute approximate surface area is 138 Å². The Kier molecular flexibility index (Phi) is 35.3. The van der Waals surface area contributed by atoms with Crippen molar-refractivity contribution in [2.75, 3.05) is 0 Å². The van der Waals surface area contributed by atoms with Crippen molar-refractivity contribution in [2.24, 2.45) is 17.2 Å². The van der Waals surface area contributed by atoms with Crippen LogP contribution in [0.1, 0.15) is 0 Å². The van der Waals surface area contributed by atoms with Crippen molar-refractivity contribution >= 4 is 87.5 Å². The van der Waals surface area contributed by atoms with Gasteiger partial charge in [0.15, 0.2) is 0 Å². The fourth-order valence-electron chi connectivity index (χ4n) is 0. The number of thiocarbonyl (C=S) groups is 3. The summed E-state index contributed by atoms with van der Waals surface area (Å²) in [7, 11) is 0. The van der Waals surface area contributed by atoms with Gasteiger partial charge in [-0.1, -0.05) is 13.0 Å². The van der Waals surface area contributed by atoms with E-state index in [1.165, 1.54) is 0 Å². The Bertz CT molecular complexity index is 121. The van der Waals surface area contributed by atoms with Crippen LogP contribution in [0.5, 0.6) is 0 Å². The summed E-state index contributed by atoms with van der Waals surface area (Å²) < 4.78 is 0.250. The van der Waals surface area contributed by atoms with Crippen molar-refractivity contribution in [2.45, 2.75) is 0 Å². The van der Waals surface area contributed by atoms with Crippen LogP contribution in [0, 0.1) is 35.6 Å². The summed E-state index contributed by atoms with van der Waals surface area (Å²) in [6.45, 7) is 0. The first-order valence-corrected chi connectivity index (χ1v) is 4.54. The molecule has 0 saturated carbocycles. The Morgan fingerprint density at radius 3 is 0.692 bits per heavy atom. The molecule has 0 aromatic rings. The molecular formula is C3H6LaN3S6. The molecule has 10 heteroatoms. The molecule has 0 saturated heterocycles. The maximum Gasteiger partial charge on any atom is 3.00 e. The van der Waals surface area contributed by atoms with Gasteiger partial charge in [0.05, 0.1) is 0 Å². The van der Waals surface area contributed by atoms with Crippen LogP contribution in [0.25, 0.3) is 0 Å². The molecule has 0 amide bonds. The fourth-order valence-corrected chi connectivity index (χ4v) is 0. The van der Waals surface area contributed by atoms with Gasteiger partial charge in [0, 0.05) is 0 Å². The molecule has 0 bridgehead atoms. The molecule has 0 unspecified atom stereocenters.